The first-order valence-corrected chi connectivity index (χ1v) is 11.6. The van der Waals surface area contributed by atoms with E-state index in [1.807, 2.05) is 53.6 Å². The fourth-order valence-corrected chi connectivity index (χ4v) is 4.28. The number of amides is 2. The van der Waals surface area contributed by atoms with Crippen molar-refractivity contribution in [2.45, 2.75) is 12.6 Å². The summed E-state index contributed by atoms with van der Waals surface area (Å²) in [6.07, 6.45) is 2.04. The first kappa shape index (κ1) is 23.9. The Labute approximate surface area is 204 Å². The molecule has 2 amide bonds. The normalized spacial score (nSPS) is 15.0. The second kappa shape index (κ2) is 11.2. The van der Waals surface area contributed by atoms with E-state index in [0.717, 1.165) is 11.3 Å². The number of nitrogens with zero attached hydrogens (tertiary/aromatic N) is 3. The Bertz CT molecular complexity index is 1100. The van der Waals surface area contributed by atoms with Crippen molar-refractivity contribution in [3.8, 4) is 5.75 Å². The number of benzene rings is 2. The monoisotopic (exact) mass is 481 g/mol. The number of carbonyl (C=O) groups is 2. The Hall–Kier alpha value is -3.29. The van der Waals surface area contributed by atoms with Crippen molar-refractivity contribution in [1.29, 1.82) is 0 Å². The lowest BCUT2D eigenvalue weighted by molar-refractivity contribution is -0.143. The SMILES string of the molecule is COCCN(CC(=O)N1CCn2cccc2C1c1ccccc1)C(=O)COc1ccc(Cl)cc1. The molecule has 0 fully saturated rings. The smallest absolute Gasteiger partial charge is 0.261 e. The van der Waals surface area contributed by atoms with Crippen LogP contribution in [0.5, 0.6) is 5.75 Å². The average Bonchev–Trinajstić information content (AvgIpc) is 3.34. The van der Waals surface area contributed by atoms with Gasteiger partial charge in [0.1, 0.15) is 5.75 Å². The number of halogens is 1. The fraction of sp³-hybridized carbons (Fsp3) is 0.308. The summed E-state index contributed by atoms with van der Waals surface area (Å²) in [5.74, 6) is 0.144. The van der Waals surface area contributed by atoms with Crippen LogP contribution in [0.3, 0.4) is 0 Å². The first-order valence-electron chi connectivity index (χ1n) is 11.2. The molecule has 0 radical (unpaired) electrons. The van der Waals surface area contributed by atoms with Crippen molar-refractivity contribution < 1.29 is 19.1 Å². The molecular weight excluding hydrogens is 454 g/mol. The van der Waals surface area contributed by atoms with Crippen LogP contribution in [-0.4, -0.2) is 66.1 Å². The number of hydrogen-bond donors (Lipinski definition) is 0. The lowest BCUT2D eigenvalue weighted by atomic mass is 10.00. The maximum atomic E-state index is 13.5. The van der Waals surface area contributed by atoms with E-state index >= 15 is 0 Å². The van der Waals surface area contributed by atoms with Gasteiger partial charge in [0, 0.05) is 43.7 Å². The highest BCUT2D eigenvalue weighted by atomic mass is 35.5. The summed E-state index contributed by atoms with van der Waals surface area (Å²) in [5.41, 5.74) is 2.10. The van der Waals surface area contributed by atoms with Crippen molar-refractivity contribution in [2.24, 2.45) is 0 Å². The fourth-order valence-electron chi connectivity index (χ4n) is 4.15. The molecule has 0 spiro atoms. The van der Waals surface area contributed by atoms with Gasteiger partial charge in [-0.3, -0.25) is 9.59 Å². The predicted octanol–water partition coefficient (Wildman–Crippen LogP) is 3.63. The minimum absolute atomic E-state index is 0.0454. The third-order valence-corrected chi connectivity index (χ3v) is 6.15. The molecule has 1 aliphatic heterocycles. The number of aromatic nitrogens is 1. The molecule has 1 atom stereocenters. The van der Waals surface area contributed by atoms with Gasteiger partial charge in [-0.2, -0.15) is 0 Å². The number of methoxy groups -OCH3 is 1. The largest absolute Gasteiger partial charge is 0.484 e. The zero-order valence-electron chi connectivity index (χ0n) is 19.1. The van der Waals surface area contributed by atoms with Gasteiger partial charge in [-0.05, 0) is 42.0 Å². The summed E-state index contributed by atoms with van der Waals surface area (Å²) >= 11 is 5.91. The van der Waals surface area contributed by atoms with Crippen LogP contribution in [0, 0.1) is 0 Å². The van der Waals surface area contributed by atoms with E-state index in [9.17, 15) is 9.59 Å². The number of carbonyl (C=O) groups excluding carboxylic acids is 2. The standard InChI is InChI=1S/C26H28ClN3O4/c1-33-17-16-29(25(32)19-34-22-11-9-21(27)10-12-22)18-24(31)30-15-14-28-13-5-8-23(28)26(30)20-6-3-2-4-7-20/h2-13,26H,14-19H2,1H3. The number of ether oxygens (including phenoxy) is 2. The maximum Gasteiger partial charge on any atom is 0.261 e. The Morgan fingerprint density at radius 3 is 2.53 bits per heavy atom. The van der Waals surface area contributed by atoms with E-state index in [0.29, 0.717) is 37.0 Å². The summed E-state index contributed by atoms with van der Waals surface area (Å²) in [5, 5.41) is 0.589. The quantitative estimate of drug-likeness (QED) is 0.468. The zero-order valence-corrected chi connectivity index (χ0v) is 19.9. The van der Waals surface area contributed by atoms with Crippen LogP contribution in [0.4, 0.5) is 0 Å². The molecule has 3 aromatic rings. The van der Waals surface area contributed by atoms with E-state index in [4.69, 9.17) is 21.1 Å². The van der Waals surface area contributed by atoms with Gasteiger partial charge in [0.05, 0.1) is 19.2 Å². The van der Waals surface area contributed by atoms with Crippen molar-refractivity contribution >= 4 is 23.4 Å². The van der Waals surface area contributed by atoms with Crippen LogP contribution in [0.1, 0.15) is 17.3 Å². The second-order valence-corrected chi connectivity index (χ2v) is 8.51. The lowest BCUT2D eigenvalue weighted by Gasteiger charge is -2.38. The summed E-state index contributed by atoms with van der Waals surface area (Å²) in [4.78, 5) is 29.8. The Morgan fingerprint density at radius 2 is 1.79 bits per heavy atom. The van der Waals surface area contributed by atoms with Crippen LogP contribution >= 0.6 is 11.6 Å². The highest BCUT2D eigenvalue weighted by molar-refractivity contribution is 6.30. The van der Waals surface area contributed by atoms with Crippen molar-refractivity contribution in [3.05, 3.63) is 89.2 Å². The van der Waals surface area contributed by atoms with Gasteiger partial charge >= 0.3 is 0 Å². The third kappa shape index (κ3) is 5.61. The van der Waals surface area contributed by atoms with E-state index in [2.05, 4.69) is 4.57 Å². The van der Waals surface area contributed by atoms with Gasteiger partial charge in [-0.1, -0.05) is 41.9 Å². The molecule has 1 aromatic heterocycles. The van der Waals surface area contributed by atoms with Gasteiger partial charge in [0.15, 0.2) is 6.61 Å². The molecule has 178 valence electrons. The van der Waals surface area contributed by atoms with Crippen molar-refractivity contribution in [2.75, 3.05) is 40.0 Å². The van der Waals surface area contributed by atoms with E-state index in [1.165, 1.54) is 4.90 Å². The van der Waals surface area contributed by atoms with Crippen molar-refractivity contribution in [3.63, 3.8) is 0 Å². The van der Waals surface area contributed by atoms with Gasteiger partial charge in [0.25, 0.3) is 5.91 Å². The highest BCUT2D eigenvalue weighted by Gasteiger charge is 2.33. The molecule has 2 heterocycles. The maximum absolute atomic E-state index is 13.5. The van der Waals surface area contributed by atoms with Gasteiger partial charge in [-0.15, -0.1) is 0 Å². The Balaban J connectivity index is 1.48. The highest BCUT2D eigenvalue weighted by Crippen LogP contribution is 2.32. The van der Waals surface area contributed by atoms with E-state index in [1.54, 1.807) is 31.4 Å². The second-order valence-electron chi connectivity index (χ2n) is 8.08. The molecule has 0 saturated carbocycles. The van der Waals surface area contributed by atoms with Gasteiger partial charge < -0.3 is 23.8 Å². The molecule has 2 aromatic carbocycles. The molecule has 0 aliphatic carbocycles. The summed E-state index contributed by atoms with van der Waals surface area (Å²) < 4.78 is 13.0. The number of rotatable bonds is 9. The third-order valence-electron chi connectivity index (χ3n) is 5.89. The molecule has 4 rings (SSSR count). The van der Waals surface area contributed by atoms with Gasteiger partial charge in [0.2, 0.25) is 5.91 Å². The molecule has 34 heavy (non-hydrogen) atoms. The Morgan fingerprint density at radius 1 is 1.03 bits per heavy atom. The number of fused-ring (bicyclic) bond motifs is 1. The molecule has 8 heteroatoms. The van der Waals surface area contributed by atoms with Gasteiger partial charge in [-0.25, -0.2) is 0 Å². The molecule has 1 aliphatic rings. The molecule has 7 nitrogen and oxygen atoms in total. The molecule has 0 N–H and O–H groups in total. The van der Waals surface area contributed by atoms with E-state index < -0.39 is 0 Å². The first-order chi connectivity index (χ1) is 16.6. The van der Waals surface area contributed by atoms with Crippen LogP contribution in [0.15, 0.2) is 72.9 Å². The van der Waals surface area contributed by atoms with Crippen LogP contribution in [0.2, 0.25) is 5.02 Å². The van der Waals surface area contributed by atoms with Crippen LogP contribution < -0.4 is 4.74 Å². The summed E-state index contributed by atoms with van der Waals surface area (Å²) in [7, 11) is 1.57. The molecule has 0 saturated heterocycles. The topological polar surface area (TPSA) is 64.0 Å². The molecule has 1 unspecified atom stereocenters. The predicted molar refractivity (Wildman–Crippen MR) is 130 cm³/mol. The Kier molecular flexibility index (Phi) is 7.87. The summed E-state index contributed by atoms with van der Waals surface area (Å²) in [6.45, 7) is 1.67. The average molecular weight is 482 g/mol. The lowest BCUT2D eigenvalue weighted by Crippen LogP contribution is -2.49. The van der Waals surface area contributed by atoms with E-state index in [-0.39, 0.29) is 31.0 Å². The van der Waals surface area contributed by atoms with Crippen molar-refractivity contribution in [1.82, 2.24) is 14.4 Å². The minimum atomic E-state index is -0.281. The molecular formula is C26H28ClN3O4. The number of hydrogen-bond acceptors (Lipinski definition) is 4. The minimum Gasteiger partial charge on any atom is -0.484 e. The zero-order chi connectivity index (χ0) is 23.9. The van der Waals surface area contributed by atoms with Crippen LogP contribution in [0.25, 0.3) is 0 Å². The molecule has 0 bridgehead atoms. The summed E-state index contributed by atoms with van der Waals surface area (Å²) in [6, 6.07) is 20.6. The van der Waals surface area contributed by atoms with Crippen LogP contribution in [-0.2, 0) is 20.9 Å².